The van der Waals surface area contributed by atoms with E-state index in [2.05, 4.69) is 9.97 Å². The van der Waals surface area contributed by atoms with E-state index in [4.69, 9.17) is 10.5 Å². The number of carbonyl (C=O) groups excluding carboxylic acids is 1. The normalized spacial score (nSPS) is 11.8. The lowest BCUT2D eigenvalue weighted by Gasteiger charge is -2.14. The molecule has 0 aliphatic heterocycles. The Bertz CT molecular complexity index is 1090. The molecule has 1 heterocycles. The molecule has 0 radical (unpaired) electrons. The maximum Gasteiger partial charge on any atom is 0.154 e. The number of benzene rings is 3. The molecule has 0 saturated carbocycles. The second kappa shape index (κ2) is 9.20. The zero-order valence-corrected chi connectivity index (χ0v) is 16.5. The zero-order chi connectivity index (χ0) is 20.8. The summed E-state index contributed by atoms with van der Waals surface area (Å²) in [6.45, 7) is 0. The fourth-order valence-electron chi connectivity index (χ4n) is 3.31. The van der Waals surface area contributed by atoms with E-state index in [1.807, 2.05) is 78.9 Å². The summed E-state index contributed by atoms with van der Waals surface area (Å²) in [5.41, 5.74) is 9.85. The van der Waals surface area contributed by atoms with Crippen LogP contribution in [0.1, 0.15) is 11.3 Å². The first-order valence-electron chi connectivity index (χ1n) is 9.86. The van der Waals surface area contributed by atoms with Crippen molar-refractivity contribution in [2.24, 2.45) is 5.73 Å². The predicted molar refractivity (Wildman–Crippen MR) is 117 cm³/mol. The van der Waals surface area contributed by atoms with E-state index in [0.717, 1.165) is 28.1 Å². The van der Waals surface area contributed by atoms with Gasteiger partial charge in [-0.25, -0.2) is 4.98 Å². The Morgan fingerprint density at radius 3 is 2.43 bits per heavy atom. The molecule has 1 atom stereocenters. The number of nitrogens with two attached hydrogens (primary N) is 1. The van der Waals surface area contributed by atoms with Crippen molar-refractivity contribution in [3.05, 3.63) is 103 Å². The fraction of sp³-hybridized carbons (Fsp3) is 0.120. The van der Waals surface area contributed by atoms with Crippen molar-refractivity contribution in [3.63, 3.8) is 0 Å². The molecule has 5 heteroatoms. The van der Waals surface area contributed by atoms with E-state index in [-0.39, 0.29) is 12.2 Å². The van der Waals surface area contributed by atoms with Crippen LogP contribution >= 0.6 is 0 Å². The number of rotatable bonds is 8. The van der Waals surface area contributed by atoms with E-state index in [1.54, 1.807) is 12.5 Å². The number of hydrogen-bond donors (Lipinski definition) is 2. The Morgan fingerprint density at radius 2 is 1.73 bits per heavy atom. The van der Waals surface area contributed by atoms with Gasteiger partial charge >= 0.3 is 0 Å². The molecule has 0 aliphatic rings. The van der Waals surface area contributed by atoms with Gasteiger partial charge in [0.1, 0.15) is 11.5 Å². The number of nitrogens with one attached hydrogen (secondary N) is 1. The zero-order valence-electron chi connectivity index (χ0n) is 16.5. The van der Waals surface area contributed by atoms with Gasteiger partial charge in [0.05, 0.1) is 12.4 Å². The number of ether oxygens (including phenoxy) is 1. The van der Waals surface area contributed by atoms with Crippen LogP contribution in [-0.4, -0.2) is 21.8 Å². The van der Waals surface area contributed by atoms with Gasteiger partial charge in [-0.1, -0.05) is 60.7 Å². The summed E-state index contributed by atoms with van der Waals surface area (Å²) in [5.74, 6) is 1.43. The van der Waals surface area contributed by atoms with E-state index >= 15 is 0 Å². The molecule has 4 aromatic rings. The molecule has 0 fully saturated rings. The Balaban J connectivity index is 1.58. The van der Waals surface area contributed by atoms with Gasteiger partial charge in [0.2, 0.25) is 0 Å². The summed E-state index contributed by atoms with van der Waals surface area (Å²) < 4.78 is 6.18. The highest BCUT2D eigenvalue weighted by molar-refractivity contribution is 5.86. The second-order valence-corrected chi connectivity index (χ2v) is 7.14. The van der Waals surface area contributed by atoms with Crippen LogP contribution in [-0.2, 0) is 17.6 Å². The summed E-state index contributed by atoms with van der Waals surface area (Å²) in [5, 5.41) is 0. The third-order valence-electron chi connectivity index (χ3n) is 4.89. The first-order valence-corrected chi connectivity index (χ1v) is 9.86. The average Bonchev–Trinajstić information content (AvgIpc) is 3.28. The highest BCUT2D eigenvalue weighted by Gasteiger charge is 2.17. The largest absolute Gasteiger partial charge is 0.457 e. The standard InChI is InChI=1S/C25H23N3O2/c26-23(15-20-16-27-17-28-20)24(29)13-18-11-12-22(19-7-3-1-4-8-19)25(14-18)30-21-9-5-2-6-10-21/h1-12,14,16-17,23H,13,15,26H2,(H,27,28)/t23-/m0/s1. The number of aromatic amines is 1. The van der Waals surface area contributed by atoms with Crippen LogP contribution in [0.4, 0.5) is 0 Å². The van der Waals surface area contributed by atoms with Gasteiger partial charge < -0.3 is 15.5 Å². The molecule has 30 heavy (non-hydrogen) atoms. The first-order chi connectivity index (χ1) is 14.7. The van der Waals surface area contributed by atoms with Crippen LogP contribution < -0.4 is 10.5 Å². The minimum Gasteiger partial charge on any atom is -0.457 e. The van der Waals surface area contributed by atoms with Crippen LogP contribution in [0.25, 0.3) is 11.1 Å². The maximum atomic E-state index is 12.7. The van der Waals surface area contributed by atoms with Crippen molar-refractivity contribution in [2.45, 2.75) is 18.9 Å². The number of para-hydroxylation sites is 1. The number of aromatic nitrogens is 2. The van der Waals surface area contributed by atoms with Gasteiger partial charge in [-0.15, -0.1) is 0 Å². The summed E-state index contributed by atoms with van der Waals surface area (Å²) in [6.07, 6.45) is 3.96. The number of ketones is 1. The van der Waals surface area contributed by atoms with Gasteiger partial charge in [0.25, 0.3) is 0 Å². The molecule has 0 amide bonds. The van der Waals surface area contributed by atoms with Crippen molar-refractivity contribution in [3.8, 4) is 22.6 Å². The Hall–Kier alpha value is -3.70. The number of hydrogen-bond acceptors (Lipinski definition) is 4. The molecule has 0 spiro atoms. The predicted octanol–water partition coefficient (Wildman–Crippen LogP) is 4.55. The topological polar surface area (TPSA) is 81.0 Å². The fourth-order valence-corrected chi connectivity index (χ4v) is 3.31. The molecular formula is C25H23N3O2. The van der Waals surface area contributed by atoms with Gasteiger partial charge in [0.15, 0.2) is 5.78 Å². The smallest absolute Gasteiger partial charge is 0.154 e. The quantitative estimate of drug-likeness (QED) is 0.457. The molecule has 3 N–H and O–H groups in total. The number of nitrogens with zero attached hydrogens (tertiary/aromatic N) is 1. The van der Waals surface area contributed by atoms with Crippen molar-refractivity contribution < 1.29 is 9.53 Å². The maximum absolute atomic E-state index is 12.7. The lowest BCUT2D eigenvalue weighted by atomic mass is 9.97. The van der Waals surface area contributed by atoms with E-state index in [0.29, 0.717) is 12.2 Å². The number of H-pyrrole nitrogens is 1. The SMILES string of the molecule is N[C@@H](Cc1cnc[nH]1)C(=O)Cc1ccc(-c2ccccc2)c(Oc2ccccc2)c1. The third kappa shape index (κ3) is 4.82. The van der Waals surface area contributed by atoms with E-state index in [1.165, 1.54) is 0 Å². The summed E-state index contributed by atoms with van der Waals surface area (Å²) in [7, 11) is 0. The lowest BCUT2D eigenvalue weighted by molar-refractivity contribution is -0.119. The number of carbonyl (C=O) groups is 1. The molecule has 5 nitrogen and oxygen atoms in total. The highest BCUT2D eigenvalue weighted by Crippen LogP contribution is 2.34. The van der Waals surface area contributed by atoms with Gasteiger partial charge in [-0.05, 0) is 29.3 Å². The van der Waals surface area contributed by atoms with Crippen LogP contribution in [0.5, 0.6) is 11.5 Å². The third-order valence-corrected chi connectivity index (χ3v) is 4.89. The monoisotopic (exact) mass is 397 g/mol. The van der Waals surface area contributed by atoms with Gasteiger partial charge in [0, 0.05) is 30.3 Å². The summed E-state index contributed by atoms with van der Waals surface area (Å²) in [6, 6.07) is 25.0. The van der Waals surface area contributed by atoms with Crippen molar-refractivity contribution in [1.82, 2.24) is 9.97 Å². The van der Waals surface area contributed by atoms with Gasteiger partial charge in [-0.3, -0.25) is 4.79 Å². The van der Waals surface area contributed by atoms with Crippen molar-refractivity contribution >= 4 is 5.78 Å². The van der Waals surface area contributed by atoms with Crippen LogP contribution in [0.3, 0.4) is 0 Å². The average molecular weight is 397 g/mol. The molecule has 0 bridgehead atoms. The number of Topliss-reactive ketones (excluding diaryl/α,β-unsaturated/α-hetero) is 1. The summed E-state index contributed by atoms with van der Waals surface area (Å²) >= 11 is 0. The molecule has 4 rings (SSSR count). The lowest BCUT2D eigenvalue weighted by Crippen LogP contribution is -2.34. The number of imidazole rings is 1. The highest BCUT2D eigenvalue weighted by atomic mass is 16.5. The Kier molecular flexibility index (Phi) is 6.01. The Labute approximate surface area is 175 Å². The minimum absolute atomic E-state index is 0.0253. The van der Waals surface area contributed by atoms with Crippen LogP contribution in [0.2, 0.25) is 0 Å². The molecule has 0 aliphatic carbocycles. The van der Waals surface area contributed by atoms with Crippen LogP contribution in [0, 0.1) is 0 Å². The van der Waals surface area contributed by atoms with Crippen molar-refractivity contribution in [2.75, 3.05) is 0 Å². The molecule has 3 aromatic carbocycles. The van der Waals surface area contributed by atoms with Crippen molar-refractivity contribution in [1.29, 1.82) is 0 Å². The molecular weight excluding hydrogens is 374 g/mol. The van der Waals surface area contributed by atoms with E-state index in [9.17, 15) is 4.79 Å². The second-order valence-electron chi connectivity index (χ2n) is 7.14. The van der Waals surface area contributed by atoms with Crippen LogP contribution in [0.15, 0.2) is 91.4 Å². The first kappa shape index (κ1) is 19.6. The molecule has 0 unspecified atom stereocenters. The minimum atomic E-state index is -0.585. The summed E-state index contributed by atoms with van der Waals surface area (Å²) in [4.78, 5) is 19.6. The van der Waals surface area contributed by atoms with Gasteiger partial charge in [-0.2, -0.15) is 0 Å². The van der Waals surface area contributed by atoms with E-state index < -0.39 is 6.04 Å². The Morgan fingerprint density at radius 1 is 1.00 bits per heavy atom. The molecule has 150 valence electrons. The molecule has 0 saturated heterocycles. The molecule has 1 aromatic heterocycles.